The summed E-state index contributed by atoms with van der Waals surface area (Å²) in [6.07, 6.45) is 3.60. The maximum absolute atomic E-state index is 8.86. The fourth-order valence-electron chi connectivity index (χ4n) is 2.62. The van der Waals surface area contributed by atoms with Crippen LogP contribution in [0.1, 0.15) is 33.1 Å². The summed E-state index contributed by atoms with van der Waals surface area (Å²) in [5, 5.41) is 8.86. The molecule has 2 atom stereocenters. The molecule has 0 spiro atoms. The van der Waals surface area contributed by atoms with Crippen LogP contribution in [-0.4, -0.2) is 42.8 Å². The highest BCUT2D eigenvalue weighted by atomic mass is 16.3. The van der Waals surface area contributed by atoms with Crippen molar-refractivity contribution in [1.82, 2.24) is 4.90 Å². The number of hydrogen-bond acceptors (Lipinski definition) is 3. The standard InChI is InChI=1S/C12H26N2O/c1-12(2)5-4-11(13)10(8-12)9-14(3)6-7-15/h10-11,15H,4-9,13H2,1-3H3. The van der Waals surface area contributed by atoms with Gasteiger partial charge in [-0.1, -0.05) is 13.8 Å². The van der Waals surface area contributed by atoms with Crippen molar-refractivity contribution < 1.29 is 5.11 Å². The highest BCUT2D eigenvalue weighted by Crippen LogP contribution is 2.38. The lowest BCUT2D eigenvalue weighted by Crippen LogP contribution is -2.44. The molecule has 2 unspecified atom stereocenters. The van der Waals surface area contributed by atoms with Crippen molar-refractivity contribution in [1.29, 1.82) is 0 Å². The minimum Gasteiger partial charge on any atom is -0.395 e. The van der Waals surface area contributed by atoms with Crippen molar-refractivity contribution in [2.75, 3.05) is 26.7 Å². The molecule has 0 aromatic rings. The zero-order valence-corrected chi connectivity index (χ0v) is 10.4. The number of rotatable bonds is 4. The molecular weight excluding hydrogens is 188 g/mol. The third-order valence-electron chi connectivity index (χ3n) is 3.60. The highest BCUT2D eigenvalue weighted by molar-refractivity contribution is 4.88. The van der Waals surface area contributed by atoms with E-state index in [0.29, 0.717) is 17.4 Å². The van der Waals surface area contributed by atoms with E-state index in [-0.39, 0.29) is 6.61 Å². The first-order chi connectivity index (χ1) is 6.94. The molecule has 0 aromatic carbocycles. The van der Waals surface area contributed by atoms with Gasteiger partial charge in [0.2, 0.25) is 0 Å². The normalized spacial score (nSPS) is 30.8. The Morgan fingerprint density at radius 3 is 2.73 bits per heavy atom. The molecule has 0 radical (unpaired) electrons. The SMILES string of the molecule is CN(CCO)CC1CC(C)(C)CCC1N. The average molecular weight is 214 g/mol. The van der Waals surface area contributed by atoms with Crippen LogP contribution in [0, 0.1) is 11.3 Å². The fourth-order valence-corrected chi connectivity index (χ4v) is 2.62. The zero-order chi connectivity index (χ0) is 11.5. The third kappa shape index (κ3) is 4.09. The second-order valence-corrected chi connectivity index (χ2v) is 5.82. The summed E-state index contributed by atoms with van der Waals surface area (Å²) in [5.74, 6) is 0.588. The van der Waals surface area contributed by atoms with Gasteiger partial charge in [-0.05, 0) is 37.6 Å². The Morgan fingerprint density at radius 1 is 1.47 bits per heavy atom. The summed E-state index contributed by atoms with van der Waals surface area (Å²) < 4.78 is 0. The van der Waals surface area contributed by atoms with Crippen LogP contribution in [0.3, 0.4) is 0 Å². The van der Waals surface area contributed by atoms with E-state index in [4.69, 9.17) is 10.8 Å². The van der Waals surface area contributed by atoms with E-state index in [0.717, 1.165) is 19.5 Å². The van der Waals surface area contributed by atoms with Crippen LogP contribution in [0.2, 0.25) is 0 Å². The van der Waals surface area contributed by atoms with Gasteiger partial charge < -0.3 is 15.7 Å². The molecule has 0 bridgehead atoms. The fraction of sp³-hybridized carbons (Fsp3) is 1.00. The predicted octanol–water partition coefficient (Wildman–Crippen LogP) is 1.06. The lowest BCUT2D eigenvalue weighted by atomic mass is 9.70. The Morgan fingerprint density at radius 2 is 2.13 bits per heavy atom. The first-order valence-corrected chi connectivity index (χ1v) is 5.99. The first-order valence-electron chi connectivity index (χ1n) is 5.99. The maximum Gasteiger partial charge on any atom is 0.0558 e. The topological polar surface area (TPSA) is 49.5 Å². The summed E-state index contributed by atoms with van der Waals surface area (Å²) in [6.45, 7) is 6.67. The van der Waals surface area contributed by atoms with Gasteiger partial charge in [0.25, 0.3) is 0 Å². The number of likely N-dealkylation sites (N-methyl/N-ethyl adjacent to an activating group) is 1. The van der Waals surface area contributed by atoms with E-state index >= 15 is 0 Å². The third-order valence-corrected chi connectivity index (χ3v) is 3.60. The van der Waals surface area contributed by atoms with Crippen molar-refractivity contribution in [2.24, 2.45) is 17.1 Å². The monoisotopic (exact) mass is 214 g/mol. The molecule has 3 N–H and O–H groups in total. The summed E-state index contributed by atoms with van der Waals surface area (Å²) in [5.41, 5.74) is 6.60. The van der Waals surface area contributed by atoms with Crippen LogP contribution < -0.4 is 5.73 Å². The van der Waals surface area contributed by atoms with Crippen LogP contribution in [0.5, 0.6) is 0 Å². The van der Waals surface area contributed by atoms with Gasteiger partial charge in [-0.3, -0.25) is 0 Å². The van der Waals surface area contributed by atoms with Gasteiger partial charge in [0, 0.05) is 19.1 Å². The number of hydrogen-bond donors (Lipinski definition) is 2. The molecule has 1 aliphatic rings. The van der Waals surface area contributed by atoms with Crippen LogP contribution in [-0.2, 0) is 0 Å². The summed E-state index contributed by atoms with van der Waals surface area (Å²) in [4.78, 5) is 2.19. The van der Waals surface area contributed by atoms with E-state index in [9.17, 15) is 0 Å². The molecule has 1 aliphatic carbocycles. The summed E-state index contributed by atoms with van der Waals surface area (Å²) >= 11 is 0. The molecule has 0 saturated heterocycles. The summed E-state index contributed by atoms with van der Waals surface area (Å²) in [6, 6.07) is 0.346. The van der Waals surface area contributed by atoms with Gasteiger partial charge in [-0.15, -0.1) is 0 Å². The zero-order valence-electron chi connectivity index (χ0n) is 10.4. The van der Waals surface area contributed by atoms with Gasteiger partial charge >= 0.3 is 0 Å². The molecule has 0 aromatic heterocycles. The lowest BCUT2D eigenvalue weighted by Gasteiger charge is -2.40. The Balaban J connectivity index is 2.44. The van der Waals surface area contributed by atoms with Crippen LogP contribution in [0.15, 0.2) is 0 Å². The molecular formula is C12H26N2O. The van der Waals surface area contributed by atoms with E-state index in [2.05, 4.69) is 25.8 Å². The van der Waals surface area contributed by atoms with E-state index in [1.54, 1.807) is 0 Å². The predicted molar refractivity (Wildman–Crippen MR) is 63.7 cm³/mol. The lowest BCUT2D eigenvalue weighted by molar-refractivity contribution is 0.116. The Bertz CT molecular complexity index is 194. The van der Waals surface area contributed by atoms with Crippen molar-refractivity contribution in [3.8, 4) is 0 Å². The van der Waals surface area contributed by atoms with Crippen LogP contribution in [0.25, 0.3) is 0 Å². The number of aliphatic hydroxyl groups is 1. The van der Waals surface area contributed by atoms with E-state index in [1.807, 2.05) is 0 Å². The van der Waals surface area contributed by atoms with E-state index < -0.39 is 0 Å². The highest BCUT2D eigenvalue weighted by Gasteiger charge is 2.33. The average Bonchev–Trinajstić information content (AvgIpc) is 2.11. The van der Waals surface area contributed by atoms with Gasteiger partial charge in [0.1, 0.15) is 0 Å². The molecule has 15 heavy (non-hydrogen) atoms. The molecule has 1 rings (SSSR count). The van der Waals surface area contributed by atoms with Crippen molar-refractivity contribution in [2.45, 2.75) is 39.2 Å². The molecule has 0 aliphatic heterocycles. The van der Waals surface area contributed by atoms with Gasteiger partial charge in [0.05, 0.1) is 6.61 Å². The maximum atomic E-state index is 8.86. The molecule has 1 fully saturated rings. The number of aliphatic hydroxyl groups excluding tert-OH is 1. The first kappa shape index (κ1) is 12.9. The molecule has 3 nitrogen and oxygen atoms in total. The van der Waals surface area contributed by atoms with Crippen LogP contribution in [0.4, 0.5) is 0 Å². The van der Waals surface area contributed by atoms with Crippen molar-refractivity contribution in [3.63, 3.8) is 0 Å². The Labute approximate surface area is 93.6 Å². The minimum absolute atomic E-state index is 0.238. The largest absolute Gasteiger partial charge is 0.395 e. The quantitative estimate of drug-likeness (QED) is 0.736. The second-order valence-electron chi connectivity index (χ2n) is 5.82. The Hall–Kier alpha value is -0.120. The molecule has 1 saturated carbocycles. The number of nitrogens with two attached hydrogens (primary N) is 1. The molecule has 0 heterocycles. The van der Waals surface area contributed by atoms with Crippen molar-refractivity contribution in [3.05, 3.63) is 0 Å². The number of nitrogens with zero attached hydrogens (tertiary/aromatic N) is 1. The summed E-state index contributed by atoms with van der Waals surface area (Å²) in [7, 11) is 2.06. The molecule has 3 heteroatoms. The van der Waals surface area contributed by atoms with E-state index in [1.165, 1.54) is 12.8 Å². The molecule has 90 valence electrons. The second kappa shape index (κ2) is 5.28. The van der Waals surface area contributed by atoms with Crippen LogP contribution >= 0.6 is 0 Å². The smallest absolute Gasteiger partial charge is 0.0558 e. The van der Waals surface area contributed by atoms with Gasteiger partial charge in [0.15, 0.2) is 0 Å². The van der Waals surface area contributed by atoms with Crippen molar-refractivity contribution >= 4 is 0 Å². The molecule has 0 amide bonds. The van der Waals surface area contributed by atoms with Gasteiger partial charge in [-0.25, -0.2) is 0 Å². The minimum atomic E-state index is 0.238. The Kier molecular flexibility index (Phi) is 4.56. The van der Waals surface area contributed by atoms with Gasteiger partial charge in [-0.2, -0.15) is 0 Å².